The van der Waals surface area contributed by atoms with Crippen LogP contribution in [-0.4, -0.2) is 26.7 Å². The second-order valence-electron chi connectivity index (χ2n) is 7.94. The molecule has 2 aromatic heterocycles. The van der Waals surface area contributed by atoms with Gasteiger partial charge in [-0.25, -0.2) is 18.7 Å². The fourth-order valence-corrected chi connectivity index (χ4v) is 3.62. The Bertz CT molecular complexity index is 1260. The van der Waals surface area contributed by atoms with E-state index in [1.165, 1.54) is 18.3 Å². The molecule has 0 radical (unpaired) electrons. The molecule has 0 fully saturated rings. The van der Waals surface area contributed by atoms with Crippen LogP contribution in [0.3, 0.4) is 0 Å². The molecule has 164 valence electrons. The second-order valence-corrected chi connectivity index (χ2v) is 8.35. The van der Waals surface area contributed by atoms with E-state index in [4.69, 9.17) is 11.6 Å². The lowest BCUT2D eigenvalue weighted by Gasteiger charge is -2.20. The van der Waals surface area contributed by atoms with Gasteiger partial charge in [0, 0.05) is 35.1 Å². The van der Waals surface area contributed by atoms with Crippen molar-refractivity contribution in [2.75, 3.05) is 12.0 Å². The summed E-state index contributed by atoms with van der Waals surface area (Å²) in [6.45, 7) is 2.40. The molecule has 5 nitrogen and oxygen atoms in total. The summed E-state index contributed by atoms with van der Waals surface area (Å²) in [5.74, 6) is -0.188. The van der Waals surface area contributed by atoms with Crippen LogP contribution in [-0.2, 0) is 5.60 Å². The van der Waals surface area contributed by atoms with Gasteiger partial charge in [0.25, 0.3) is 0 Å². The van der Waals surface area contributed by atoms with Gasteiger partial charge in [-0.05, 0) is 37.6 Å². The monoisotopic (exact) mass is 454 g/mol. The van der Waals surface area contributed by atoms with Gasteiger partial charge in [-0.2, -0.15) is 0 Å². The van der Waals surface area contributed by atoms with Crippen LogP contribution in [0.2, 0.25) is 5.02 Å². The number of benzene rings is 2. The summed E-state index contributed by atoms with van der Waals surface area (Å²) in [4.78, 5) is 12.8. The molecule has 2 heterocycles. The summed E-state index contributed by atoms with van der Waals surface area (Å²) in [6.07, 6.45) is 4.72. The molecule has 0 aliphatic rings. The van der Waals surface area contributed by atoms with Gasteiger partial charge >= 0.3 is 0 Å². The third kappa shape index (κ3) is 4.40. The number of fused-ring (bicyclic) bond motifs is 1. The third-order valence-corrected chi connectivity index (χ3v) is 5.39. The Balaban J connectivity index is 1.76. The molecule has 32 heavy (non-hydrogen) atoms. The van der Waals surface area contributed by atoms with Crippen molar-refractivity contribution in [1.29, 1.82) is 0 Å². The topological polar surface area (TPSA) is 70.9 Å². The van der Waals surface area contributed by atoms with E-state index in [0.717, 1.165) is 11.1 Å². The number of anilines is 1. The van der Waals surface area contributed by atoms with Crippen LogP contribution in [0.1, 0.15) is 31.3 Å². The zero-order valence-electron chi connectivity index (χ0n) is 17.5. The van der Waals surface area contributed by atoms with E-state index in [0.29, 0.717) is 22.4 Å². The number of nitrogens with one attached hydrogen (secondary N) is 1. The number of pyridine rings is 1. The Morgan fingerprint density at radius 2 is 1.75 bits per heavy atom. The van der Waals surface area contributed by atoms with Gasteiger partial charge in [0.05, 0.1) is 22.3 Å². The zero-order chi connectivity index (χ0) is 22.9. The minimum Gasteiger partial charge on any atom is -0.382 e. The summed E-state index contributed by atoms with van der Waals surface area (Å²) < 4.78 is 28.2. The van der Waals surface area contributed by atoms with Crippen LogP contribution in [0.25, 0.3) is 22.0 Å². The molecule has 8 heteroatoms. The Morgan fingerprint density at radius 3 is 2.41 bits per heavy atom. The maximum absolute atomic E-state index is 14.3. The van der Waals surface area contributed by atoms with E-state index in [1.54, 1.807) is 38.4 Å². The van der Waals surface area contributed by atoms with Crippen molar-refractivity contribution in [2.24, 2.45) is 0 Å². The van der Waals surface area contributed by atoms with Crippen molar-refractivity contribution in [3.05, 3.63) is 83.3 Å². The average molecular weight is 455 g/mol. The Hall–Kier alpha value is -3.16. The second kappa shape index (κ2) is 8.76. The zero-order valence-corrected chi connectivity index (χ0v) is 18.2. The van der Waals surface area contributed by atoms with Gasteiger partial charge in [-0.3, -0.25) is 4.98 Å². The standard InChI is InChI=1S/C24H21ClF2N4O/c1-24(2,32)23-29-11-15(12-30-23)14-7-8-20-17(9-14)22(18(25)13-28-20)31-21(10-26)16-5-3-4-6-19(16)27/h3-9,11-13,21,32H,10H2,1-2H3,(H,28,31). The van der Waals surface area contributed by atoms with Gasteiger partial charge in [0.2, 0.25) is 0 Å². The summed E-state index contributed by atoms with van der Waals surface area (Å²) in [7, 11) is 0. The number of halogens is 3. The number of rotatable bonds is 6. The molecule has 4 rings (SSSR count). The Kier molecular flexibility index (Phi) is 6.04. The predicted octanol–water partition coefficient (Wildman–Crippen LogP) is 5.83. The van der Waals surface area contributed by atoms with Crippen molar-refractivity contribution < 1.29 is 13.9 Å². The van der Waals surface area contributed by atoms with Crippen LogP contribution < -0.4 is 5.32 Å². The van der Waals surface area contributed by atoms with Gasteiger partial charge in [0.15, 0.2) is 5.82 Å². The lowest BCUT2D eigenvalue weighted by molar-refractivity contribution is 0.0687. The van der Waals surface area contributed by atoms with Crippen LogP contribution in [0.5, 0.6) is 0 Å². The molecule has 1 atom stereocenters. The highest BCUT2D eigenvalue weighted by Gasteiger charge is 2.20. The summed E-state index contributed by atoms with van der Waals surface area (Å²) in [5, 5.41) is 14.1. The van der Waals surface area contributed by atoms with Crippen molar-refractivity contribution >= 4 is 28.2 Å². The maximum atomic E-state index is 14.3. The minimum atomic E-state index is -1.15. The lowest BCUT2D eigenvalue weighted by Crippen LogP contribution is -2.19. The molecule has 0 saturated carbocycles. The molecule has 2 aromatic carbocycles. The van der Waals surface area contributed by atoms with E-state index in [1.807, 2.05) is 18.2 Å². The van der Waals surface area contributed by atoms with Crippen molar-refractivity contribution in [3.63, 3.8) is 0 Å². The molecule has 0 amide bonds. The first-order chi connectivity index (χ1) is 15.3. The molecule has 0 aliphatic carbocycles. The molecule has 0 spiro atoms. The highest BCUT2D eigenvalue weighted by atomic mass is 35.5. The highest BCUT2D eigenvalue weighted by molar-refractivity contribution is 6.34. The number of alkyl halides is 1. The van der Waals surface area contributed by atoms with Crippen LogP contribution >= 0.6 is 11.6 Å². The van der Waals surface area contributed by atoms with Gasteiger partial charge in [0.1, 0.15) is 18.1 Å². The number of aliphatic hydroxyl groups is 1. The fourth-order valence-electron chi connectivity index (χ4n) is 3.42. The van der Waals surface area contributed by atoms with Crippen LogP contribution in [0.15, 0.2) is 61.1 Å². The summed E-state index contributed by atoms with van der Waals surface area (Å²) >= 11 is 6.41. The molecular weight excluding hydrogens is 434 g/mol. The van der Waals surface area contributed by atoms with Crippen LogP contribution in [0, 0.1) is 5.82 Å². The van der Waals surface area contributed by atoms with Gasteiger partial charge in [-0.1, -0.05) is 35.9 Å². The molecular formula is C24H21ClF2N4O. The van der Waals surface area contributed by atoms with E-state index >= 15 is 0 Å². The van der Waals surface area contributed by atoms with E-state index in [9.17, 15) is 13.9 Å². The number of aromatic nitrogens is 3. The summed E-state index contributed by atoms with van der Waals surface area (Å²) in [6, 6.07) is 10.6. The smallest absolute Gasteiger partial charge is 0.159 e. The van der Waals surface area contributed by atoms with Gasteiger partial charge < -0.3 is 10.4 Å². The first kappa shape index (κ1) is 22.0. The van der Waals surface area contributed by atoms with Crippen molar-refractivity contribution in [3.8, 4) is 11.1 Å². The quantitative estimate of drug-likeness (QED) is 0.383. The molecule has 0 saturated heterocycles. The minimum absolute atomic E-state index is 0.211. The number of hydrogen-bond acceptors (Lipinski definition) is 5. The van der Waals surface area contributed by atoms with Crippen molar-refractivity contribution in [2.45, 2.75) is 25.5 Å². The SMILES string of the molecule is CC(C)(O)c1ncc(-c2ccc3ncc(Cl)c(NC(CF)c4ccccc4F)c3c2)cn1. The Morgan fingerprint density at radius 1 is 1.03 bits per heavy atom. The molecule has 2 N–H and O–H groups in total. The molecule has 0 bridgehead atoms. The number of nitrogens with zero attached hydrogens (tertiary/aromatic N) is 3. The average Bonchev–Trinajstić information content (AvgIpc) is 2.78. The fraction of sp³-hybridized carbons (Fsp3) is 0.208. The molecule has 0 aliphatic heterocycles. The summed E-state index contributed by atoms with van der Waals surface area (Å²) in [5.41, 5.74) is 1.67. The molecule has 1 unspecified atom stereocenters. The van der Waals surface area contributed by atoms with E-state index < -0.39 is 24.1 Å². The third-order valence-electron chi connectivity index (χ3n) is 5.11. The Labute approximate surface area is 189 Å². The first-order valence-corrected chi connectivity index (χ1v) is 10.4. The van der Waals surface area contributed by atoms with Crippen molar-refractivity contribution in [1.82, 2.24) is 15.0 Å². The first-order valence-electron chi connectivity index (χ1n) is 9.98. The largest absolute Gasteiger partial charge is 0.382 e. The van der Waals surface area contributed by atoms with Gasteiger partial charge in [-0.15, -0.1) is 0 Å². The number of hydrogen-bond donors (Lipinski definition) is 2. The van der Waals surface area contributed by atoms with E-state index in [2.05, 4.69) is 20.3 Å². The highest BCUT2D eigenvalue weighted by Crippen LogP contribution is 2.35. The molecule has 4 aromatic rings. The maximum Gasteiger partial charge on any atom is 0.159 e. The normalized spacial score (nSPS) is 12.7. The van der Waals surface area contributed by atoms with E-state index in [-0.39, 0.29) is 10.6 Å². The lowest BCUT2D eigenvalue weighted by atomic mass is 10.0. The predicted molar refractivity (Wildman–Crippen MR) is 122 cm³/mol. The van der Waals surface area contributed by atoms with Crippen LogP contribution in [0.4, 0.5) is 14.5 Å².